The van der Waals surface area contributed by atoms with E-state index in [2.05, 4.69) is 20.6 Å². The minimum absolute atomic E-state index is 0. The third-order valence-electron chi connectivity index (χ3n) is 4.17. The molecule has 2 heterocycles. The largest absolute Gasteiger partial charge is 0.357 e. The van der Waals surface area contributed by atoms with E-state index in [0.29, 0.717) is 12.1 Å². The number of halogens is 1. The number of thiazole rings is 1. The second-order valence-corrected chi connectivity index (χ2v) is 7.47. The molecule has 0 saturated heterocycles. The lowest BCUT2D eigenvalue weighted by Gasteiger charge is -2.13. The predicted octanol–water partition coefficient (Wildman–Crippen LogP) is 3.01. The van der Waals surface area contributed by atoms with E-state index in [9.17, 15) is 4.79 Å². The number of nitrogens with zero attached hydrogens (tertiary/aromatic N) is 4. The highest BCUT2D eigenvalue weighted by atomic mass is 127. The van der Waals surface area contributed by atoms with Crippen molar-refractivity contribution in [3.8, 4) is 0 Å². The fourth-order valence-electron chi connectivity index (χ4n) is 2.80. The molecule has 0 atom stereocenters. The Morgan fingerprint density at radius 3 is 2.86 bits per heavy atom. The Morgan fingerprint density at radius 2 is 2.14 bits per heavy atom. The van der Waals surface area contributed by atoms with Crippen LogP contribution in [0.15, 0.2) is 47.0 Å². The van der Waals surface area contributed by atoms with Gasteiger partial charge in [-0.2, -0.15) is 0 Å². The van der Waals surface area contributed by atoms with Crippen LogP contribution in [0.5, 0.6) is 0 Å². The zero-order chi connectivity index (χ0) is 19.9. The quantitative estimate of drug-likeness (QED) is 0.282. The Morgan fingerprint density at radius 1 is 1.31 bits per heavy atom. The summed E-state index contributed by atoms with van der Waals surface area (Å²) in [7, 11) is 3.53. The van der Waals surface area contributed by atoms with E-state index in [-0.39, 0.29) is 29.9 Å². The monoisotopic (exact) mass is 526 g/mol. The summed E-state index contributed by atoms with van der Waals surface area (Å²) >= 11 is 1.61. The summed E-state index contributed by atoms with van der Waals surface area (Å²) in [6.07, 6.45) is 4.81. The number of nitrogens with one attached hydrogen (secondary N) is 2. The molecule has 0 aliphatic carbocycles. The van der Waals surface area contributed by atoms with Crippen molar-refractivity contribution in [2.24, 2.45) is 4.99 Å². The smallest absolute Gasteiger partial charge is 0.253 e. The van der Waals surface area contributed by atoms with Crippen molar-refractivity contribution in [1.82, 2.24) is 24.9 Å². The summed E-state index contributed by atoms with van der Waals surface area (Å²) in [6.45, 7) is 4.08. The number of rotatable bonds is 7. The first-order valence-electron chi connectivity index (χ1n) is 9.30. The molecule has 0 saturated carbocycles. The van der Waals surface area contributed by atoms with Crippen LogP contribution in [0.2, 0.25) is 0 Å². The van der Waals surface area contributed by atoms with Gasteiger partial charge in [0.2, 0.25) is 0 Å². The van der Waals surface area contributed by atoms with Crippen molar-refractivity contribution in [2.45, 2.75) is 19.9 Å². The summed E-state index contributed by atoms with van der Waals surface area (Å²) in [4.78, 5) is 23.9. The number of imidazole rings is 1. The minimum Gasteiger partial charge on any atom is -0.357 e. The maximum Gasteiger partial charge on any atom is 0.253 e. The van der Waals surface area contributed by atoms with Gasteiger partial charge in [-0.1, -0.05) is 12.1 Å². The molecule has 156 valence electrons. The summed E-state index contributed by atoms with van der Waals surface area (Å²) in [6, 6.07) is 7.76. The van der Waals surface area contributed by atoms with Crippen LogP contribution in [0.25, 0.3) is 4.96 Å². The van der Waals surface area contributed by atoms with Crippen molar-refractivity contribution < 1.29 is 4.79 Å². The molecular formula is C20H27IN6OS. The molecule has 1 aromatic carbocycles. The van der Waals surface area contributed by atoms with Crippen LogP contribution in [-0.4, -0.2) is 53.3 Å². The standard InChI is InChI=1S/C20H26N6OS.HI/c1-4-21-19(23-13-17-14-26-10-11-28-20(26)24-17)22-9-8-15-6-5-7-16(12-15)18(27)25(2)3;/h5-7,10-12,14H,4,8-9,13H2,1-3H3,(H2,21,22,23);1H. The second kappa shape index (κ2) is 11.1. The average Bonchev–Trinajstić information content (AvgIpc) is 3.27. The van der Waals surface area contributed by atoms with E-state index in [4.69, 9.17) is 0 Å². The first-order valence-corrected chi connectivity index (χ1v) is 10.2. The van der Waals surface area contributed by atoms with Gasteiger partial charge in [0.15, 0.2) is 10.9 Å². The third kappa shape index (κ3) is 6.43. The Kier molecular flexibility index (Phi) is 8.90. The molecule has 0 aliphatic rings. The molecule has 9 heteroatoms. The van der Waals surface area contributed by atoms with Gasteiger partial charge < -0.3 is 15.5 Å². The maximum atomic E-state index is 12.1. The Labute approximate surface area is 192 Å². The summed E-state index contributed by atoms with van der Waals surface area (Å²) in [5.41, 5.74) is 2.77. The van der Waals surface area contributed by atoms with Crippen LogP contribution in [-0.2, 0) is 13.0 Å². The van der Waals surface area contributed by atoms with Gasteiger partial charge in [-0.25, -0.2) is 9.98 Å². The number of amides is 1. The van der Waals surface area contributed by atoms with Crippen molar-refractivity contribution in [2.75, 3.05) is 27.2 Å². The fourth-order valence-corrected chi connectivity index (χ4v) is 3.52. The minimum atomic E-state index is 0. The van der Waals surface area contributed by atoms with Gasteiger partial charge in [-0.15, -0.1) is 35.3 Å². The van der Waals surface area contributed by atoms with E-state index in [0.717, 1.165) is 41.7 Å². The maximum absolute atomic E-state index is 12.1. The number of hydrogen-bond donors (Lipinski definition) is 2. The number of carbonyl (C=O) groups excluding carboxylic acids is 1. The van der Waals surface area contributed by atoms with Gasteiger partial charge >= 0.3 is 0 Å². The third-order valence-corrected chi connectivity index (χ3v) is 4.94. The molecule has 0 spiro atoms. The molecular weight excluding hydrogens is 499 g/mol. The lowest BCUT2D eigenvalue weighted by Crippen LogP contribution is -2.38. The van der Waals surface area contributed by atoms with Crippen LogP contribution in [0.4, 0.5) is 0 Å². The van der Waals surface area contributed by atoms with Crippen molar-refractivity contribution in [1.29, 1.82) is 0 Å². The first kappa shape index (κ1) is 23.1. The van der Waals surface area contributed by atoms with Gasteiger partial charge in [0.1, 0.15) is 0 Å². The topological polar surface area (TPSA) is 74.0 Å². The molecule has 7 nitrogen and oxygen atoms in total. The molecule has 2 N–H and O–H groups in total. The van der Waals surface area contributed by atoms with Gasteiger partial charge in [-0.05, 0) is 31.0 Å². The molecule has 0 fully saturated rings. The second-order valence-electron chi connectivity index (χ2n) is 6.60. The molecule has 0 unspecified atom stereocenters. The summed E-state index contributed by atoms with van der Waals surface area (Å²) < 4.78 is 2.01. The SMILES string of the molecule is CCNC(=NCc1cn2ccsc2n1)NCCc1cccc(C(=O)N(C)C)c1.I. The Hall–Kier alpha value is -2.14. The molecule has 3 aromatic rings. The lowest BCUT2D eigenvalue weighted by molar-refractivity contribution is 0.0827. The number of fused-ring (bicyclic) bond motifs is 1. The van der Waals surface area contributed by atoms with E-state index in [1.54, 1.807) is 30.3 Å². The van der Waals surface area contributed by atoms with Crippen LogP contribution in [0.1, 0.15) is 28.5 Å². The van der Waals surface area contributed by atoms with Crippen LogP contribution in [0.3, 0.4) is 0 Å². The molecule has 3 rings (SSSR count). The molecule has 0 radical (unpaired) electrons. The van der Waals surface area contributed by atoms with Crippen LogP contribution in [0, 0.1) is 0 Å². The Bertz CT molecular complexity index is 936. The first-order chi connectivity index (χ1) is 13.6. The number of benzene rings is 1. The molecule has 0 aliphatic heterocycles. The number of aromatic nitrogens is 2. The highest BCUT2D eigenvalue weighted by Gasteiger charge is 2.08. The normalized spacial score (nSPS) is 11.2. The zero-order valence-electron chi connectivity index (χ0n) is 16.9. The number of carbonyl (C=O) groups is 1. The van der Waals surface area contributed by atoms with Gasteiger partial charge in [0.05, 0.1) is 12.2 Å². The van der Waals surface area contributed by atoms with Gasteiger partial charge in [-0.3, -0.25) is 9.20 Å². The molecule has 29 heavy (non-hydrogen) atoms. The van der Waals surface area contributed by atoms with E-state index in [1.165, 1.54) is 0 Å². The van der Waals surface area contributed by atoms with E-state index in [1.807, 2.05) is 53.4 Å². The van der Waals surface area contributed by atoms with Gasteiger partial charge in [0, 0.05) is 50.5 Å². The summed E-state index contributed by atoms with van der Waals surface area (Å²) in [5, 5.41) is 8.62. The lowest BCUT2D eigenvalue weighted by atomic mass is 10.1. The highest BCUT2D eigenvalue weighted by molar-refractivity contribution is 14.0. The van der Waals surface area contributed by atoms with Crippen molar-refractivity contribution in [3.63, 3.8) is 0 Å². The molecule has 2 aromatic heterocycles. The predicted molar refractivity (Wildman–Crippen MR) is 129 cm³/mol. The van der Waals surface area contributed by atoms with E-state index < -0.39 is 0 Å². The number of guanidine groups is 1. The van der Waals surface area contributed by atoms with Crippen molar-refractivity contribution in [3.05, 3.63) is 58.9 Å². The molecule has 0 bridgehead atoms. The van der Waals surface area contributed by atoms with E-state index >= 15 is 0 Å². The van der Waals surface area contributed by atoms with Gasteiger partial charge in [0.25, 0.3) is 5.91 Å². The highest BCUT2D eigenvalue weighted by Crippen LogP contribution is 2.12. The van der Waals surface area contributed by atoms with Crippen LogP contribution < -0.4 is 10.6 Å². The zero-order valence-corrected chi connectivity index (χ0v) is 20.0. The number of aliphatic imine (C=N–C) groups is 1. The Balaban J connectivity index is 0.00000300. The number of hydrogen-bond acceptors (Lipinski definition) is 4. The van der Waals surface area contributed by atoms with Crippen molar-refractivity contribution >= 4 is 52.1 Å². The average molecular weight is 526 g/mol. The van der Waals surface area contributed by atoms with Crippen LogP contribution >= 0.6 is 35.3 Å². The molecule has 1 amide bonds. The summed E-state index contributed by atoms with van der Waals surface area (Å²) in [5.74, 6) is 0.782. The fraction of sp³-hybridized carbons (Fsp3) is 0.350.